The minimum Gasteiger partial charge on any atom is -0.308 e. The average Bonchev–Trinajstić information content (AvgIpc) is 2.75. The third-order valence-corrected chi connectivity index (χ3v) is 8.61. The molecule has 0 amide bonds. The molecule has 0 radical (unpaired) electrons. The number of pyridine rings is 1. The molecule has 0 fully saturated rings. The van der Waals surface area contributed by atoms with Gasteiger partial charge in [0, 0.05) is 27.9 Å². The zero-order valence-electron chi connectivity index (χ0n) is 19.8. The van der Waals surface area contributed by atoms with Crippen LogP contribution in [-0.4, -0.2) is 17.5 Å². The summed E-state index contributed by atoms with van der Waals surface area (Å²) in [7, 11) is -1.11. The maximum absolute atomic E-state index is 4.23. The lowest BCUT2D eigenvalue weighted by molar-refractivity contribution is 0.588. The largest absolute Gasteiger partial charge is 0.308 e. The number of nitrogens with zero attached hydrogens (tertiary/aromatic N) is 2. The molecule has 1 aromatic heterocycles. The van der Waals surface area contributed by atoms with Crippen LogP contribution >= 0.6 is 10.0 Å². The minimum atomic E-state index is -1.11. The SMILES string of the molecule is CC.CCc1ccc2c(c1)S(C)(C)c1cc(C(C)(C)C)ccc1N2c1ccncc1. The first-order valence-electron chi connectivity index (χ1n) is 10.9. The van der Waals surface area contributed by atoms with Crippen molar-refractivity contribution in [1.29, 1.82) is 0 Å². The Hall–Kier alpha value is -2.26. The van der Waals surface area contributed by atoms with Gasteiger partial charge >= 0.3 is 0 Å². The lowest BCUT2D eigenvalue weighted by Crippen LogP contribution is -2.21. The Morgan fingerprint density at radius 2 is 1.40 bits per heavy atom. The fourth-order valence-corrected chi connectivity index (χ4v) is 6.43. The molecule has 0 atom stereocenters. The lowest BCUT2D eigenvalue weighted by Gasteiger charge is -2.45. The van der Waals surface area contributed by atoms with Gasteiger partial charge in [0.15, 0.2) is 0 Å². The predicted molar refractivity (Wildman–Crippen MR) is 134 cm³/mol. The van der Waals surface area contributed by atoms with Gasteiger partial charge < -0.3 is 4.90 Å². The summed E-state index contributed by atoms with van der Waals surface area (Å²) in [6, 6.07) is 18.3. The van der Waals surface area contributed by atoms with Crippen LogP contribution in [0.1, 0.15) is 52.7 Å². The number of rotatable bonds is 2. The van der Waals surface area contributed by atoms with Crippen molar-refractivity contribution in [3.63, 3.8) is 0 Å². The number of aryl methyl sites for hydroxylation is 1. The highest BCUT2D eigenvalue weighted by Crippen LogP contribution is 2.67. The summed E-state index contributed by atoms with van der Waals surface area (Å²) in [5.74, 6) is 0. The van der Waals surface area contributed by atoms with Crippen LogP contribution in [0.5, 0.6) is 0 Å². The molecule has 0 saturated heterocycles. The van der Waals surface area contributed by atoms with Crippen LogP contribution in [0.25, 0.3) is 0 Å². The second-order valence-electron chi connectivity index (χ2n) is 8.96. The first-order chi connectivity index (χ1) is 14.2. The van der Waals surface area contributed by atoms with Gasteiger partial charge in [0.25, 0.3) is 0 Å². The van der Waals surface area contributed by atoms with Gasteiger partial charge in [-0.1, -0.05) is 53.7 Å². The normalized spacial score (nSPS) is 15.4. The molecular weight excluding hydrogens is 384 g/mol. The van der Waals surface area contributed by atoms with E-state index in [0.717, 1.165) is 6.42 Å². The summed E-state index contributed by atoms with van der Waals surface area (Å²) in [6.45, 7) is 13.1. The van der Waals surface area contributed by atoms with E-state index in [1.807, 2.05) is 26.2 Å². The van der Waals surface area contributed by atoms with E-state index in [-0.39, 0.29) is 5.41 Å². The standard InChI is InChI=1S/C25H30N2S.C2H6/c1-7-18-8-10-21-23(16-18)28(5,6)24-17-19(25(2,3)4)9-11-22(24)27(21)20-12-14-26-15-13-20;1-2/h8-17H,7H2,1-6H3;1-2H3. The zero-order chi connectivity index (χ0) is 22.1. The van der Waals surface area contributed by atoms with Crippen molar-refractivity contribution in [3.8, 4) is 0 Å². The van der Waals surface area contributed by atoms with Crippen LogP contribution in [0.3, 0.4) is 0 Å². The number of benzene rings is 2. The Kier molecular flexibility index (Phi) is 6.33. The average molecular weight is 421 g/mol. The third-order valence-electron chi connectivity index (χ3n) is 5.76. The van der Waals surface area contributed by atoms with Crippen LogP contribution in [0.15, 0.2) is 70.7 Å². The molecular formula is C27H36N2S. The van der Waals surface area contributed by atoms with Crippen LogP contribution < -0.4 is 4.90 Å². The van der Waals surface area contributed by atoms with E-state index in [9.17, 15) is 0 Å². The van der Waals surface area contributed by atoms with Gasteiger partial charge in [0.1, 0.15) is 0 Å². The van der Waals surface area contributed by atoms with Crippen molar-refractivity contribution in [3.05, 3.63) is 72.1 Å². The number of anilines is 3. The molecule has 0 N–H and O–H groups in total. The van der Waals surface area contributed by atoms with Crippen molar-refractivity contribution in [2.45, 2.75) is 63.2 Å². The van der Waals surface area contributed by atoms with Crippen molar-refractivity contribution in [1.82, 2.24) is 4.98 Å². The molecule has 3 aromatic rings. The Balaban J connectivity index is 0.00000124. The molecule has 2 nitrogen and oxygen atoms in total. The van der Waals surface area contributed by atoms with E-state index in [4.69, 9.17) is 0 Å². The van der Waals surface area contributed by atoms with Crippen molar-refractivity contribution < 1.29 is 0 Å². The molecule has 0 aliphatic carbocycles. The van der Waals surface area contributed by atoms with Gasteiger partial charge in [0.05, 0.1) is 11.4 Å². The number of hydrogen-bond acceptors (Lipinski definition) is 2. The van der Waals surface area contributed by atoms with E-state index in [2.05, 4.69) is 98.6 Å². The monoisotopic (exact) mass is 420 g/mol. The molecule has 1 aliphatic heterocycles. The Morgan fingerprint density at radius 1 is 0.833 bits per heavy atom. The van der Waals surface area contributed by atoms with Gasteiger partial charge in [-0.2, -0.15) is 10.0 Å². The Bertz CT molecular complexity index is 1020. The smallest absolute Gasteiger partial charge is 0.0586 e. The second-order valence-corrected chi connectivity index (χ2v) is 12.5. The molecule has 30 heavy (non-hydrogen) atoms. The number of fused-ring (bicyclic) bond motifs is 2. The second kappa shape index (κ2) is 8.47. The molecule has 160 valence electrons. The van der Waals surface area contributed by atoms with E-state index >= 15 is 0 Å². The molecule has 2 heterocycles. The number of hydrogen-bond donors (Lipinski definition) is 0. The van der Waals surface area contributed by atoms with E-state index < -0.39 is 10.0 Å². The van der Waals surface area contributed by atoms with Crippen molar-refractivity contribution >= 4 is 27.1 Å². The molecule has 0 saturated carbocycles. The highest BCUT2D eigenvalue weighted by Gasteiger charge is 2.35. The summed E-state index contributed by atoms with van der Waals surface area (Å²) < 4.78 is 0. The number of aromatic nitrogens is 1. The molecule has 1 aliphatic rings. The molecule has 2 aromatic carbocycles. The summed E-state index contributed by atoms with van der Waals surface area (Å²) in [5, 5.41) is 0. The van der Waals surface area contributed by atoms with Gasteiger partial charge in [-0.15, -0.1) is 0 Å². The van der Waals surface area contributed by atoms with Crippen LogP contribution in [0.4, 0.5) is 17.1 Å². The van der Waals surface area contributed by atoms with Crippen molar-refractivity contribution in [2.75, 3.05) is 17.4 Å². The molecule has 0 unspecified atom stereocenters. The van der Waals surface area contributed by atoms with Crippen molar-refractivity contribution in [2.24, 2.45) is 0 Å². The van der Waals surface area contributed by atoms with Gasteiger partial charge in [-0.25, -0.2) is 0 Å². The lowest BCUT2D eigenvalue weighted by atomic mass is 9.87. The fraction of sp³-hybridized carbons (Fsp3) is 0.370. The van der Waals surface area contributed by atoms with E-state index in [0.29, 0.717) is 0 Å². The highest BCUT2D eigenvalue weighted by molar-refractivity contribution is 8.33. The van der Waals surface area contributed by atoms with E-state index in [1.165, 1.54) is 38.0 Å². The molecule has 0 spiro atoms. The predicted octanol–water partition coefficient (Wildman–Crippen LogP) is 8.23. The summed E-state index contributed by atoms with van der Waals surface area (Å²) in [4.78, 5) is 9.59. The quantitative estimate of drug-likeness (QED) is 0.415. The maximum Gasteiger partial charge on any atom is 0.0586 e. The summed E-state index contributed by atoms with van der Waals surface area (Å²) >= 11 is 0. The van der Waals surface area contributed by atoms with Crippen LogP contribution in [0, 0.1) is 0 Å². The summed E-state index contributed by atoms with van der Waals surface area (Å²) in [6.07, 6.45) is 9.71. The first kappa shape index (κ1) is 22.4. The molecule has 0 bridgehead atoms. The van der Waals surface area contributed by atoms with Gasteiger partial charge in [-0.3, -0.25) is 4.98 Å². The van der Waals surface area contributed by atoms with Crippen LogP contribution in [-0.2, 0) is 11.8 Å². The van der Waals surface area contributed by atoms with Crippen LogP contribution in [0.2, 0.25) is 0 Å². The zero-order valence-corrected chi connectivity index (χ0v) is 20.6. The molecule has 4 rings (SSSR count). The van der Waals surface area contributed by atoms with Gasteiger partial charge in [-0.05, 0) is 71.9 Å². The first-order valence-corrected chi connectivity index (χ1v) is 13.4. The maximum atomic E-state index is 4.23. The van der Waals surface area contributed by atoms with Gasteiger partial charge in [0.2, 0.25) is 0 Å². The highest BCUT2D eigenvalue weighted by atomic mass is 32.3. The van der Waals surface area contributed by atoms with E-state index in [1.54, 1.807) is 0 Å². The third kappa shape index (κ3) is 3.88. The minimum absolute atomic E-state index is 0.136. The molecule has 3 heteroatoms. The Labute approximate surface area is 184 Å². The Morgan fingerprint density at radius 3 is 1.97 bits per heavy atom. The fourth-order valence-electron chi connectivity index (χ4n) is 3.97. The summed E-state index contributed by atoms with van der Waals surface area (Å²) in [5.41, 5.74) is 6.72. The topological polar surface area (TPSA) is 16.1 Å².